The fourth-order valence-electron chi connectivity index (χ4n) is 1.89. The van der Waals surface area contributed by atoms with Gasteiger partial charge in [-0.15, -0.1) is 0 Å². The summed E-state index contributed by atoms with van der Waals surface area (Å²) in [5.41, 5.74) is 2.59. The number of pyridine rings is 1. The van der Waals surface area contributed by atoms with Gasteiger partial charge in [-0.3, -0.25) is 0 Å². The summed E-state index contributed by atoms with van der Waals surface area (Å²) in [6, 6.07) is 9.83. The molecule has 0 aliphatic heterocycles. The van der Waals surface area contributed by atoms with Crippen molar-refractivity contribution in [2.24, 2.45) is 7.05 Å². The van der Waals surface area contributed by atoms with Crippen LogP contribution in [0.15, 0.2) is 30.3 Å². The van der Waals surface area contributed by atoms with E-state index in [-0.39, 0.29) is 13.2 Å². The summed E-state index contributed by atoms with van der Waals surface area (Å²) in [7, 11) is 1.90. The smallest absolute Gasteiger partial charge is 0.212 e. The molecule has 0 unspecified atom stereocenters. The van der Waals surface area contributed by atoms with Crippen LogP contribution >= 0.6 is 0 Å². The molecule has 0 fully saturated rings. The molecule has 0 atom stereocenters. The molecule has 0 saturated carbocycles. The van der Waals surface area contributed by atoms with Crippen molar-refractivity contribution in [3.8, 4) is 0 Å². The van der Waals surface area contributed by atoms with Crippen LogP contribution < -0.4 is 4.57 Å². The van der Waals surface area contributed by atoms with Gasteiger partial charge in [-0.05, 0) is 12.1 Å². The van der Waals surface area contributed by atoms with E-state index < -0.39 is 0 Å². The third-order valence-corrected chi connectivity index (χ3v) is 2.72. The van der Waals surface area contributed by atoms with E-state index in [1.165, 1.54) is 0 Å². The number of rotatable bonds is 2. The number of aromatic nitrogens is 1. The number of para-hydroxylation sites is 1. The lowest BCUT2D eigenvalue weighted by Crippen LogP contribution is -2.36. The highest BCUT2D eigenvalue weighted by molar-refractivity contribution is 5.76. The maximum Gasteiger partial charge on any atom is 0.212 e. The summed E-state index contributed by atoms with van der Waals surface area (Å²) in [6.45, 7) is -0.105. The van der Waals surface area contributed by atoms with Crippen molar-refractivity contribution in [3.05, 3.63) is 41.6 Å². The normalized spacial score (nSPS) is 10.9. The summed E-state index contributed by atoms with van der Waals surface area (Å²) >= 11 is 0. The SMILES string of the molecule is C[n+]1c(CO)c(CO)cc2ccccc21. The number of hydrogen-bond donors (Lipinski definition) is 2. The van der Waals surface area contributed by atoms with E-state index in [9.17, 15) is 10.2 Å². The van der Waals surface area contributed by atoms with Gasteiger partial charge in [0, 0.05) is 17.0 Å². The van der Waals surface area contributed by atoms with Gasteiger partial charge in [-0.1, -0.05) is 12.1 Å². The zero-order valence-electron chi connectivity index (χ0n) is 8.64. The molecule has 0 aliphatic carbocycles. The van der Waals surface area contributed by atoms with Crippen molar-refractivity contribution in [2.45, 2.75) is 13.2 Å². The van der Waals surface area contributed by atoms with Gasteiger partial charge in [0.1, 0.15) is 13.7 Å². The van der Waals surface area contributed by atoms with Crippen molar-refractivity contribution in [1.82, 2.24) is 0 Å². The molecular weight excluding hydrogens is 190 g/mol. The highest BCUT2D eigenvalue weighted by Crippen LogP contribution is 2.14. The standard InChI is InChI=1S/C12H14NO2/c1-13-11-5-3-2-4-9(11)6-10(7-14)12(13)8-15/h2-6,14-15H,7-8H2,1H3/q+1. The van der Waals surface area contributed by atoms with Crippen molar-refractivity contribution in [3.63, 3.8) is 0 Å². The average Bonchev–Trinajstić information content (AvgIpc) is 2.29. The Morgan fingerprint density at radius 3 is 2.53 bits per heavy atom. The van der Waals surface area contributed by atoms with Gasteiger partial charge in [0.2, 0.25) is 11.2 Å². The molecule has 2 N–H and O–H groups in total. The van der Waals surface area contributed by atoms with E-state index in [4.69, 9.17) is 0 Å². The molecule has 1 aromatic heterocycles. The van der Waals surface area contributed by atoms with Crippen LogP contribution in [0.5, 0.6) is 0 Å². The van der Waals surface area contributed by atoms with Crippen LogP contribution in [-0.2, 0) is 20.3 Å². The first-order valence-corrected chi connectivity index (χ1v) is 4.89. The van der Waals surface area contributed by atoms with Crippen molar-refractivity contribution in [2.75, 3.05) is 0 Å². The Balaban J connectivity index is 2.81. The lowest BCUT2D eigenvalue weighted by molar-refractivity contribution is -0.655. The van der Waals surface area contributed by atoms with Crippen LogP contribution in [0.3, 0.4) is 0 Å². The van der Waals surface area contributed by atoms with E-state index >= 15 is 0 Å². The first-order valence-electron chi connectivity index (χ1n) is 4.89. The van der Waals surface area contributed by atoms with Gasteiger partial charge in [0.15, 0.2) is 0 Å². The molecule has 0 saturated heterocycles. The van der Waals surface area contributed by atoms with Gasteiger partial charge in [-0.2, -0.15) is 4.57 Å². The molecule has 0 aliphatic rings. The third-order valence-electron chi connectivity index (χ3n) is 2.72. The Morgan fingerprint density at radius 2 is 1.87 bits per heavy atom. The number of aryl methyl sites for hydroxylation is 1. The Morgan fingerprint density at radius 1 is 1.13 bits per heavy atom. The first kappa shape index (κ1) is 10.1. The van der Waals surface area contributed by atoms with E-state index in [0.717, 1.165) is 22.2 Å². The molecule has 0 amide bonds. The third kappa shape index (κ3) is 1.60. The predicted octanol–water partition coefficient (Wildman–Crippen LogP) is 0.649. The largest absolute Gasteiger partial charge is 0.391 e. The van der Waals surface area contributed by atoms with Crippen LogP contribution in [0, 0.1) is 0 Å². The molecule has 3 heteroatoms. The Kier molecular flexibility index (Phi) is 2.66. The number of aliphatic hydroxyl groups is 2. The van der Waals surface area contributed by atoms with Gasteiger partial charge in [-0.25, -0.2) is 0 Å². The fourth-order valence-corrected chi connectivity index (χ4v) is 1.89. The lowest BCUT2D eigenvalue weighted by atomic mass is 10.1. The van der Waals surface area contributed by atoms with Crippen LogP contribution in [0.4, 0.5) is 0 Å². The molecule has 1 heterocycles. The minimum atomic E-state index is -0.0583. The monoisotopic (exact) mass is 204 g/mol. The molecule has 0 spiro atoms. The Labute approximate surface area is 88.2 Å². The van der Waals surface area contributed by atoms with E-state index in [2.05, 4.69) is 0 Å². The second-order valence-corrected chi connectivity index (χ2v) is 3.55. The summed E-state index contributed by atoms with van der Waals surface area (Å²) in [5.74, 6) is 0. The summed E-state index contributed by atoms with van der Waals surface area (Å²) < 4.78 is 1.92. The van der Waals surface area contributed by atoms with E-state index in [0.29, 0.717) is 0 Å². The number of hydrogen-bond acceptors (Lipinski definition) is 2. The van der Waals surface area contributed by atoms with Gasteiger partial charge in [0.05, 0.1) is 6.61 Å². The average molecular weight is 204 g/mol. The molecule has 78 valence electrons. The van der Waals surface area contributed by atoms with Crippen molar-refractivity contribution in [1.29, 1.82) is 0 Å². The minimum Gasteiger partial charge on any atom is -0.391 e. The molecule has 0 radical (unpaired) electrons. The first-order chi connectivity index (χ1) is 7.27. The van der Waals surface area contributed by atoms with Crippen LogP contribution in [-0.4, -0.2) is 10.2 Å². The van der Waals surface area contributed by atoms with Crippen LogP contribution in [0.25, 0.3) is 10.9 Å². The van der Waals surface area contributed by atoms with Crippen molar-refractivity contribution >= 4 is 10.9 Å². The number of benzene rings is 1. The predicted molar refractivity (Wildman–Crippen MR) is 57.0 cm³/mol. The van der Waals surface area contributed by atoms with Crippen LogP contribution in [0.1, 0.15) is 11.3 Å². The Hall–Kier alpha value is -1.45. The fraction of sp³-hybridized carbons (Fsp3) is 0.250. The zero-order valence-corrected chi connectivity index (χ0v) is 8.64. The molecular formula is C12H14NO2+. The zero-order chi connectivity index (χ0) is 10.8. The molecule has 2 aromatic rings. The summed E-state index contributed by atoms with van der Waals surface area (Å²) in [4.78, 5) is 0. The number of fused-ring (bicyclic) bond motifs is 1. The number of nitrogens with zero attached hydrogens (tertiary/aromatic N) is 1. The summed E-state index contributed by atoms with van der Waals surface area (Å²) in [5, 5.41) is 19.5. The molecule has 0 bridgehead atoms. The van der Waals surface area contributed by atoms with Gasteiger partial charge >= 0.3 is 0 Å². The number of aliphatic hydroxyl groups excluding tert-OH is 2. The van der Waals surface area contributed by atoms with Crippen molar-refractivity contribution < 1.29 is 14.8 Å². The van der Waals surface area contributed by atoms with Gasteiger partial charge in [0.25, 0.3) is 0 Å². The molecule has 2 rings (SSSR count). The molecule has 15 heavy (non-hydrogen) atoms. The van der Waals surface area contributed by atoms with E-state index in [1.807, 2.05) is 41.9 Å². The maximum absolute atomic E-state index is 9.26. The highest BCUT2D eigenvalue weighted by Gasteiger charge is 2.15. The lowest BCUT2D eigenvalue weighted by Gasteiger charge is -2.05. The van der Waals surface area contributed by atoms with Crippen LogP contribution in [0.2, 0.25) is 0 Å². The molecule has 1 aromatic carbocycles. The minimum absolute atomic E-state index is 0.0471. The quantitative estimate of drug-likeness (QED) is 0.705. The topological polar surface area (TPSA) is 44.3 Å². The van der Waals surface area contributed by atoms with Gasteiger partial charge < -0.3 is 10.2 Å². The Bertz CT molecular complexity index is 494. The second kappa shape index (κ2) is 3.96. The highest BCUT2D eigenvalue weighted by atomic mass is 16.3. The maximum atomic E-state index is 9.26. The molecule has 3 nitrogen and oxygen atoms in total. The van der Waals surface area contributed by atoms with E-state index in [1.54, 1.807) is 0 Å². The summed E-state index contributed by atoms with van der Waals surface area (Å²) in [6.07, 6.45) is 0. The second-order valence-electron chi connectivity index (χ2n) is 3.55.